The SMILES string of the molecule is C#C[C@@H](O)C(=O)N(C)C(C)C. The van der Waals surface area contributed by atoms with Crippen molar-refractivity contribution in [1.29, 1.82) is 0 Å². The van der Waals surface area contributed by atoms with Crippen molar-refractivity contribution in [2.75, 3.05) is 7.05 Å². The lowest BCUT2D eigenvalue weighted by Gasteiger charge is -2.22. The molecule has 0 fully saturated rings. The number of rotatable bonds is 2. The number of hydrogen-bond acceptors (Lipinski definition) is 2. The highest BCUT2D eigenvalue weighted by molar-refractivity contribution is 5.83. The standard InChI is InChI=1S/C8H13NO2/c1-5-7(10)8(11)9(4)6(2)3/h1,6-7,10H,2-4H3/t7-/m1/s1. The molecule has 1 N–H and O–H groups in total. The van der Waals surface area contributed by atoms with Gasteiger partial charge in [-0.2, -0.15) is 0 Å². The summed E-state index contributed by atoms with van der Waals surface area (Å²) < 4.78 is 0. The molecule has 0 aromatic carbocycles. The summed E-state index contributed by atoms with van der Waals surface area (Å²) in [5.74, 6) is 1.54. The number of hydrogen-bond donors (Lipinski definition) is 1. The topological polar surface area (TPSA) is 40.5 Å². The van der Waals surface area contributed by atoms with Crippen molar-refractivity contribution in [3.63, 3.8) is 0 Å². The average molecular weight is 155 g/mol. The molecule has 0 rings (SSSR count). The summed E-state index contributed by atoms with van der Waals surface area (Å²) in [4.78, 5) is 12.5. The zero-order valence-electron chi connectivity index (χ0n) is 7.03. The molecule has 1 amide bonds. The van der Waals surface area contributed by atoms with Crippen LogP contribution < -0.4 is 0 Å². The molecule has 0 aromatic rings. The first-order chi connectivity index (χ1) is 5.00. The molecule has 0 heterocycles. The van der Waals surface area contributed by atoms with Gasteiger partial charge in [0.05, 0.1) is 0 Å². The van der Waals surface area contributed by atoms with Gasteiger partial charge in [-0.1, -0.05) is 5.92 Å². The number of carbonyl (C=O) groups is 1. The van der Waals surface area contributed by atoms with Crippen molar-refractivity contribution in [2.45, 2.75) is 26.0 Å². The van der Waals surface area contributed by atoms with E-state index in [-0.39, 0.29) is 6.04 Å². The minimum Gasteiger partial charge on any atom is -0.372 e. The Kier molecular flexibility index (Phi) is 3.63. The zero-order valence-corrected chi connectivity index (χ0v) is 7.03. The third-order valence-corrected chi connectivity index (χ3v) is 1.51. The number of terminal acetylenes is 1. The number of aliphatic hydroxyl groups is 1. The molecule has 1 atom stereocenters. The lowest BCUT2D eigenvalue weighted by Crippen LogP contribution is -2.39. The van der Waals surface area contributed by atoms with Crippen LogP contribution in [0.3, 0.4) is 0 Å². The Balaban J connectivity index is 4.16. The van der Waals surface area contributed by atoms with Gasteiger partial charge in [-0.3, -0.25) is 4.79 Å². The Morgan fingerprint density at radius 2 is 2.09 bits per heavy atom. The molecular weight excluding hydrogens is 142 g/mol. The Bertz CT molecular complexity index is 181. The molecule has 62 valence electrons. The maximum Gasteiger partial charge on any atom is 0.263 e. The molecule has 0 saturated carbocycles. The van der Waals surface area contributed by atoms with Crippen LogP contribution in [-0.4, -0.2) is 35.1 Å². The van der Waals surface area contributed by atoms with E-state index < -0.39 is 12.0 Å². The van der Waals surface area contributed by atoms with Crippen LogP contribution in [0.1, 0.15) is 13.8 Å². The largest absolute Gasteiger partial charge is 0.372 e. The number of likely N-dealkylation sites (N-methyl/N-ethyl adjacent to an activating group) is 1. The molecule has 0 spiro atoms. The van der Waals surface area contributed by atoms with Gasteiger partial charge in [0.1, 0.15) is 0 Å². The van der Waals surface area contributed by atoms with Crippen LogP contribution >= 0.6 is 0 Å². The van der Waals surface area contributed by atoms with Gasteiger partial charge in [0.25, 0.3) is 5.91 Å². The third-order valence-electron chi connectivity index (χ3n) is 1.51. The van der Waals surface area contributed by atoms with E-state index in [9.17, 15) is 4.79 Å². The summed E-state index contributed by atoms with van der Waals surface area (Å²) in [5.41, 5.74) is 0. The molecule has 0 aliphatic heterocycles. The predicted octanol–water partition coefficient (Wildman–Crippen LogP) is -0.153. The quantitative estimate of drug-likeness (QED) is 0.563. The normalized spacial score (nSPS) is 12.4. The first-order valence-electron chi connectivity index (χ1n) is 3.41. The van der Waals surface area contributed by atoms with E-state index in [0.717, 1.165) is 0 Å². The Morgan fingerprint density at radius 3 is 2.36 bits per heavy atom. The molecular formula is C8H13NO2. The fourth-order valence-electron chi connectivity index (χ4n) is 0.519. The molecule has 11 heavy (non-hydrogen) atoms. The van der Waals surface area contributed by atoms with Crippen molar-refractivity contribution < 1.29 is 9.90 Å². The number of aliphatic hydroxyl groups excluding tert-OH is 1. The van der Waals surface area contributed by atoms with E-state index in [2.05, 4.69) is 0 Å². The monoisotopic (exact) mass is 155 g/mol. The second kappa shape index (κ2) is 3.99. The smallest absolute Gasteiger partial charge is 0.263 e. The highest BCUT2D eigenvalue weighted by atomic mass is 16.3. The second-order valence-corrected chi connectivity index (χ2v) is 2.61. The van der Waals surface area contributed by atoms with E-state index in [1.807, 2.05) is 19.8 Å². The van der Waals surface area contributed by atoms with Crippen LogP contribution in [-0.2, 0) is 4.79 Å². The van der Waals surface area contributed by atoms with E-state index >= 15 is 0 Å². The number of amides is 1. The third kappa shape index (κ3) is 2.60. The molecule has 3 heteroatoms. The van der Waals surface area contributed by atoms with Crippen molar-refractivity contribution in [2.24, 2.45) is 0 Å². The number of nitrogens with zero attached hydrogens (tertiary/aromatic N) is 1. The Labute approximate surface area is 67.0 Å². The molecule has 0 aromatic heterocycles. The minimum atomic E-state index is -1.30. The van der Waals surface area contributed by atoms with Crippen LogP contribution in [0.2, 0.25) is 0 Å². The van der Waals surface area contributed by atoms with E-state index in [1.165, 1.54) is 4.90 Å². The van der Waals surface area contributed by atoms with Crippen molar-refractivity contribution in [1.82, 2.24) is 4.90 Å². The lowest BCUT2D eigenvalue weighted by molar-refractivity contribution is -0.137. The fraction of sp³-hybridized carbons (Fsp3) is 0.625. The van der Waals surface area contributed by atoms with E-state index in [4.69, 9.17) is 11.5 Å². The van der Waals surface area contributed by atoms with Crippen molar-refractivity contribution in [3.8, 4) is 12.3 Å². The molecule has 0 saturated heterocycles. The van der Waals surface area contributed by atoms with Crippen LogP contribution in [0, 0.1) is 12.3 Å². The van der Waals surface area contributed by atoms with Gasteiger partial charge < -0.3 is 10.0 Å². The average Bonchev–Trinajstić information content (AvgIpc) is 2.00. The minimum absolute atomic E-state index is 0.0606. The van der Waals surface area contributed by atoms with Crippen LogP contribution in [0.4, 0.5) is 0 Å². The van der Waals surface area contributed by atoms with Crippen LogP contribution in [0.5, 0.6) is 0 Å². The molecule has 0 aliphatic rings. The summed E-state index contributed by atoms with van der Waals surface area (Å²) in [6, 6.07) is 0.0606. The number of carbonyl (C=O) groups excluding carboxylic acids is 1. The van der Waals surface area contributed by atoms with Crippen molar-refractivity contribution >= 4 is 5.91 Å². The van der Waals surface area contributed by atoms with Gasteiger partial charge in [0, 0.05) is 13.1 Å². The van der Waals surface area contributed by atoms with Gasteiger partial charge in [0.15, 0.2) is 6.10 Å². The van der Waals surface area contributed by atoms with Crippen LogP contribution in [0.15, 0.2) is 0 Å². The summed E-state index contributed by atoms with van der Waals surface area (Å²) >= 11 is 0. The summed E-state index contributed by atoms with van der Waals surface area (Å²) in [7, 11) is 1.60. The maximum atomic E-state index is 11.0. The van der Waals surface area contributed by atoms with Crippen LogP contribution in [0.25, 0.3) is 0 Å². The predicted molar refractivity (Wildman–Crippen MR) is 42.7 cm³/mol. The highest BCUT2D eigenvalue weighted by Crippen LogP contribution is 1.97. The van der Waals surface area contributed by atoms with E-state index in [1.54, 1.807) is 7.05 Å². The Hall–Kier alpha value is -1.01. The molecule has 0 unspecified atom stereocenters. The first-order valence-corrected chi connectivity index (χ1v) is 3.41. The van der Waals surface area contributed by atoms with E-state index in [0.29, 0.717) is 0 Å². The van der Waals surface area contributed by atoms with Gasteiger partial charge in [0.2, 0.25) is 0 Å². The lowest BCUT2D eigenvalue weighted by atomic mass is 10.2. The summed E-state index contributed by atoms with van der Waals surface area (Å²) in [6.45, 7) is 3.70. The van der Waals surface area contributed by atoms with Gasteiger partial charge in [-0.15, -0.1) is 6.42 Å². The second-order valence-electron chi connectivity index (χ2n) is 2.61. The molecule has 3 nitrogen and oxygen atoms in total. The fourth-order valence-corrected chi connectivity index (χ4v) is 0.519. The first kappa shape index (κ1) is 9.99. The van der Waals surface area contributed by atoms with Gasteiger partial charge >= 0.3 is 0 Å². The molecule has 0 bridgehead atoms. The maximum absolute atomic E-state index is 11.0. The van der Waals surface area contributed by atoms with Gasteiger partial charge in [-0.05, 0) is 13.8 Å². The summed E-state index contributed by atoms with van der Waals surface area (Å²) in [6.07, 6.45) is 3.56. The zero-order chi connectivity index (χ0) is 9.02. The Morgan fingerprint density at radius 1 is 1.64 bits per heavy atom. The molecule has 0 radical (unpaired) electrons. The molecule has 0 aliphatic carbocycles. The van der Waals surface area contributed by atoms with Crippen molar-refractivity contribution in [3.05, 3.63) is 0 Å². The summed E-state index contributed by atoms with van der Waals surface area (Å²) in [5, 5.41) is 8.92. The highest BCUT2D eigenvalue weighted by Gasteiger charge is 2.18. The van der Waals surface area contributed by atoms with Gasteiger partial charge in [-0.25, -0.2) is 0 Å².